The fraction of sp³-hybridized carbons (Fsp3) is 0.560. The van der Waals surface area contributed by atoms with Crippen molar-refractivity contribution in [2.45, 2.75) is 45.4 Å². The van der Waals surface area contributed by atoms with Crippen molar-refractivity contribution in [3.8, 4) is 5.75 Å². The van der Waals surface area contributed by atoms with Crippen molar-refractivity contribution in [2.75, 3.05) is 40.3 Å². The Morgan fingerprint density at radius 2 is 1.94 bits per heavy atom. The zero-order chi connectivity index (χ0) is 25.5. The molecule has 0 saturated carbocycles. The lowest BCUT2D eigenvalue weighted by atomic mass is 9.97. The van der Waals surface area contributed by atoms with E-state index < -0.39 is 18.2 Å². The molecule has 0 radical (unpaired) electrons. The van der Waals surface area contributed by atoms with Crippen LogP contribution < -0.4 is 20.7 Å². The first-order valence-corrected chi connectivity index (χ1v) is 11.7. The standard InChI is InChI=1S/C25H40N4O5/c1-6-18(2)24(25(33)29(5)21(17-30)19(3)31)28-14-15-34-22-12-8-7-10-20(22)11-9-13-27-23(32)16-26-4/h7-12,17-19,21,24,26,28,31H,6,13-16H2,1-5H3,(H,27,32)/b11-9+. The summed E-state index contributed by atoms with van der Waals surface area (Å²) in [7, 11) is 3.25. The van der Waals surface area contributed by atoms with Crippen LogP contribution in [0.4, 0.5) is 0 Å². The number of benzene rings is 1. The molecule has 9 heteroatoms. The highest BCUT2D eigenvalue weighted by atomic mass is 16.5. The van der Waals surface area contributed by atoms with Crippen molar-refractivity contribution in [3.63, 3.8) is 0 Å². The lowest BCUT2D eigenvalue weighted by Gasteiger charge is -2.32. The molecule has 0 heterocycles. The second-order valence-electron chi connectivity index (χ2n) is 8.26. The first-order valence-electron chi connectivity index (χ1n) is 11.7. The SMILES string of the molecule is CCC(C)C(NCCOc1ccccc1/C=C/CNC(=O)CNC)C(=O)N(C)C(C=O)C(C)O. The third-order valence-electron chi connectivity index (χ3n) is 5.60. The van der Waals surface area contributed by atoms with E-state index in [1.54, 1.807) is 7.05 Å². The van der Waals surface area contributed by atoms with Gasteiger partial charge < -0.3 is 35.5 Å². The van der Waals surface area contributed by atoms with E-state index in [1.165, 1.54) is 18.9 Å². The predicted octanol–water partition coefficient (Wildman–Crippen LogP) is 0.825. The summed E-state index contributed by atoms with van der Waals surface area (Å²) in [5.74, 6) is 0.410. The summed E-state index contributed by atoms with van der Waals surface area (Å²) in [5, 5.41) is 18.6. The van der Waals surface area contributed by atoms with Crippen LogP contribution >= 0.6 is 0 Å². The fourth-order valence-corrected chi connectivity index (χ4v) is 3.37. The molecule has 9 nitrogen and oxygen atoms in total. The molecule has 0 spiro atoms. The van der Waals surface area contributed by atoms with Crippen LogP contribution in [-0.4, -0.2) is 86.6 Å². The molecule has 2 amide bonds. The summed E-state index contributed by atoms with van der Waals surface area (Å²) in [6, 6.07) is 6.18. The Morgan fingerprint density at radius 1 is 1.24 bits per heavy atom. The van der Waals surface area contributed by atoms with Gasteiger partial charge in [0.25, 0.3) is 0 Å². The minimum Gasteiger partial charge on any atom is -0.492 e. The van der Waals surface area contributed by atoms with Crippen LogP contribution in [0.5, 0.6) is 5.75 Å². The van der Waals surface area contributed by atoms with Gasteiger partial charge >= 0.3 is 0 Å². The van der Waals surface area contributed by atoms with Crippen LogP contribution in [0.2, 0.25) is 0 Å². The zero-order valence-corrected chi connectivity index (χ0v) is 20.9. The number of nitrogens with zero attached hydrogens (tertiary/aromatic N) is 1. The highest BCUT2D eigenvalue weighted by molar-refractivity contribution is 5.84. The van der Waals surface area contributed by atoms with Gasteiger partial charge in [0.1, 0.15) is 24.7 Å². The van der Waals surface area contributed by atoms with Gasteiger partial charge in [0.15, 0.2) is 0 Å². The van der Waals surface area contributed by atoms with Crippen molar-refractivity contribution >= 4 is 24.2 Å². The molecule has 0 aliphatic rings. The molecule has 4 N–H and O–H groups in total. The first-order chi connectivity index (χ1) is 16.3. The van der Waals surface area contributed by atoms with E-state index in [4.69, 9.17) is 4.74 Å². The number of hydrogen-bond donors (Lipinski definition) is 4. The Hall–Kier alpha value is -2.75. The van der Waals surface area contributed by atoms with Crippen molar-refractivity contribution in [1.82, 2.24) is 20.9 Å². The van der Waals surface area contributed by atoms with Crippen molar-refractivity contribution < 1.29 is 24.2 Å². The largest absolute Gasteiger partial charge is 0.492 e. The molecule has 34 heavy (non-hydrogen) atoms. The fourth-order valence-electron chi connectivity index (χ4n) is 3.37. The van der Waals surface area contributed by atoms with Crippen LogP contribution in [0.15, 0.2) is 30.3 Å². The molecule has 0 fully saturated rings. The molecular weight excluding hydrogens is 436 g/mol. The predicted molar refractivity (Wildman–Crippen MR) is 133 cm³/mol. The Labute approximate surface area is 202 Å². The van der Waals surface area contributed by atoms with Gasteiger partial charge in [-0.1, -0.05) is 50.6 Å². The Kier molecular flexibility index (Phi) is 13.8. The summed E-state index contributed by atoms with van der Waals surface area (Å²) < 4.78 is 5.93. The maximum absolute atomic E-state index is 13.0. The molecule has 1 aromatic rings. The van der Waals surface area contributed by atoms with E-state index >= 15 is 0 Å². The smallest absolute Gasteiger partial charge is 0.240 e. The van der Waals surface area contributed by atoms with Gasteiger partial charge in [0, 0.05) is 25.7 Å². The van der Waals surface area contributed by atoms with Gasteiger partial charge in [0.2, 0.25) is 11.8 Å². The highest BCUT2D eigenvalue weighted by Gasteiger charge is 2.31. The van der Waals surface area contributed by atoms with E-state index in [2.05, 4.69) is 16.0 Å². The van der Waals surface area contributed by atoms with Crippen LogP contribution in [0, 0.1) is 5.92 Å². The Bertz CT molecular complexity index is 799. The molecule has 0 aliphatic carbocycles. The lowest BCUT2D eigenvalue weighted by Crippen LogP contribution is -2.54. The summed E-state index contributed by atoms with van der Waals surface area (Å²) in [6.45, 7) is 6.90. The number of carbonyl (C=O) groups is 3. The molecule has 0 saturated heterocycles. The van der Waals surface area contributed by atoms with Gasteiger partial charge in [-0.3, -0.25) is 9.59 Å². The summed E-state index contributed by atoms with van der Waals surface area (Å²) in [6.07, 6.45) is 4.16. The van der Waals surface area contributed by atoms with Crippen LogP contribution in [0.1, 0.15) is 32.8 Å². The number of ether oxygens (including phenoxy) is 1. The van der Waals surface area contributed by atoms with Crippen molar-refractivity contribution in [3.05, 3.63) is 35.9 Å². The van der Waals surface area contributed by atoms with Crippen molar-refractivity contribution in [2.24, 2.45) is 5.92 Å². The summed E-state index contributed by atoms with van der Waals surface area (Å²) >= 11 is 0. The van der Waals surface area contributed by atoms with Crippen LogP contribution in [0.25, 0.3) is 6.08 Å². The first kappa shape index (κ1) is 29.3. The number of nitrogens with one attached hydrogen (secondary N) is 3. The third-order valence-corrected chi connectivity index (χ3v) is 5.60. The zero-order valence-electron chi connectivity index (χ0n) is 20.9. The molecule has 0 aliphatic heterocycles. The highest BCUT2D eigenvalue weighted by Crippen LogP contribution is 2.19. The number of para-hydroxylation sites is 1. The third kappa shape index (κ3) is 9.62. The number of rotatable bonds is 16. The second kappa shape index (κ2) is 16.0. The average molecular weight is 477 g/mol. The van der Waals surface area contributed by atoms with Gasteiger partial charge in [0.05, 0.1) is 18.7 Å². The number of aliphatic hydroxyl groups is 1. The molecule has 190 valence electrons. The molecule has 1 aromatic carbocycles. The number of aldehydes is 1. The average Bonchev–Trinajstić information content (AvgIpc) is 2.82. The van der Waals surface area contributed by atoms with Gasteiger partial charge in [-0.2, -0.15) is 0 Å². The van der Waals surface area contributed by atoms with E-state index in [1.807, 2.05) is 50.3 Å². The lowest BCUT2D eigenvalue weighted by molar-refractivity contribution is -0.140. The van der Waals surface area contributed by atoms with E-state index in [0.717, 1.165) is 12.0 Å². The minimum absolute atomic E-state index is 0.0320. The normalized spacial score (nSPS) is 14.8. The molecule has 4 atom stereocenters. The number of carbonyl (C=O) groups excluding carboxylic acids is 3. The van der Waals surface area contributed by atoms with E-state index in [0.29, 0.717) is 31.7 Å². The second-order valence-corrected chi connectivity index (χ2v) is 8.26. The molecule has 0 aromatic heterocycles. The topological polar surface area (TPSA) is 120 Å². The summed E-state index contributed by atoms with van der Waals surface area (Å²) in [5.41, 5.74) is 0.880. The van der Waals surface area contributed by atoms with Gasteiger partial charge in [-0.05, 0) is 26.0 Å². The monoisotopic (exact) mass is 476 g/mol. The Morgan fingerprint density at radius 3 is 2.56 bits per heavy atom. The van der Waals surface area contributed by atoms with E-state index in [-0.39, 0.29) is 24.3 Å². The van der Waals surface area contributed by atoms with Gasteiger partial charge in [-0.15, -0.1) is 0 Å². The molecule has 1 rings (SSSR count). The maximum Gasteiger partial charge on any atom is 0.240 e. The minimum atomic E-state index is -0.950. The number of amides is 2. The van der Waals surface area contributed by atoms with Gasteiger partial charge in [-0.25, -0.2) is 0 Å². The summed E-state index contributed by atoms with van der Waals surface area (Å²) in [4.78, 5) is 37.2. The quantitative estimate of drug-likeness (QED) is 0.206. The molecule has 4 unspecified atom stereocenters. The van der Waals surface area contributed by atoms with Crippen LogP contribution in [0.3, 0.4) is 0 Å². The number of hydrogen-bond acceptors (Lipinski definition) is 7. The van der Waals surface area contributed by atoms with Crippen LogP contribution in [-0.2, 0) is 14.4 Å². The number of likely N-dealkylation sites (N-methyl/N-ethyl adjacent to an activating group) is 2. The molecule has 0 bridgehead atoms. The molecular formula is C25H40N4O5. The Balaban J connectivity index is 2.69. The van der Waals surface area contributed by atoms with E-state index in [9.17, 15) is 19.5 Å². The maximum atomic E-state index is 13.0. The van der Waals surface area contributed by atoms with Crippen molar-refractivity contribution in [1.29, 1.82) is 0 Å². The number of aliphatic hydroxyl groups excluding tert-OH is 1.